The van der Waals surface area contributed by atoms with Gasteiger partial charge in [-0.1, -0.05) is 44.2 Å². The van der Waals surface area contributed by atoms with Crippen molar-refractivity contribution < 1.29 is 8.42 Å². The standard InChI is InChI=1S/C17H26N2O2S/c1-16(2)14-8-9-17(16,15(18)10-14)12-22(20,21)19-11-13-6-4-3-5-7-13/h3-7,14-15,19H,8-12,18H2,1-2H3. The Morgan fingerprint density at radius 1 is 1.27 bits per heavy atom. The van der Waals surface area contributed by atoms with Crippen LogP contribution in [0.5, 0.6) is 0 Å². The Hall–Kier alpha value is -0.910. The first-order chi connectivity index (χ1) is 10.3. The van der Waals surface area contributed by atoms with Gasteiger partial charge >= 0.3 is 0 Å². The molecule has 122 valence electrons. The molecule has 0 amide bonds. The number of nitrogens with one attached hydrogen (secondary N) is 1. The molecule has 1 aromatic rings. The number of nitrogens with two attached hydrogens (primary N) is 1. The van der Waals surface area contributed by atoms with E-state index in [1.807, 2.05) is 30.3 Å². The van der Waals surface area contributed by atoms with Crippen molar-refractivity contribution in [2.24, 2.45) is 22.5 Å². The van der Waals surface area contributed by atoms with Gasteiger partial charge in [-0.25, -0.2) is 13.1 Å². The first-order valence-electron chi connectivity index (χ1n) is 8.04. The molecule has 2 bridgehead atoms. The first-order valence-corrected chi connectivity index (χ1v) is 9.69. The van der Waals surface area contributed by atoms with Gasteiger partial charge in [-0.05, 0) is 36.2 Å². The predicted octanol–water partition coefficient (Wildman–Crippen LogP) is 2.26. The smallest absolute Gasteiger partial charge is 0.212 e. The monoisotopic (exact) mass is 322 g/mol. The lowest BCUT2D eigenvalue weighted by Crippen LogP contribution is -2.50. The Bertz CT molecular complexity index is 642. The molecule has 0 radical (unpaired) electrons. The average molecular weight is 322 g/mol. The Kier molecular flexibility index (Phi) is 3.86. The average Bonchev–Trinajstić information content (AvgIpc) is 2.80. The van der Waals surface area contributed by atoms with Crippen LogP contribution in [0.4, 0.5) is 0 Å². The molecule has 22 heavy (non-hydrogen) atoms. The quantitative estimate of drug-likeness (QED) is 0.873. The fraction of sp³-hybridized carbons (Fsp3) is 0.647. The minimum absolute atomic E-state index is 0.00505. The molecule has 1 aromatic carbocycles. The Labute approximate surface area is 133 Å². The van der Waals surface area contributed by atoms with Crippen molar-refractivity contribution >= 4 is 10.0 Å². The summed E-state index contributed by atoms with van der Waals surface area (Å²) in [5.74, 6) is 0.712. The number of rotatable bonds is 5. The third-order valence-electron chi connectivity index (χ3n) is 6.28. The summed E-state index contributed by atoms with van der Waals surface area (Å²) < 4.78 is 28.0. The molecule has 2 saturated carbocycles. The molecule has 0 aromatic heterocycles. The van der Waals surface area contributed by atoms with E-state index in [1.165, 1.54) is 0 Å². The normalized spacial score (nSPS) is 33.2. The van der Waals surface area contributed by atoms with Crippen LogP contribution in [0.2, 0.25) is 0 Å². The van der Waals surface area contributed by atoms with Gasteiger partial charge in [0.1, 0.15) is 0 Å². The van der Waals surface area contributed by atoms with Crippen LogP contribution in [-0.4, -0.2) is 20.2 Å². The van der Waals surface area contributed by atoms with Crippen LogP contribution in [-0.2, 0) is 16.6 Å². The van der Waals surface area contributed by atoms with E-state index in [0.717, 1.165) is 24.8 Å². The highest BCUT2D eigenvalue weighted by molar-refractivity contribution is 7.89. The number of benzene rings is 1. The topological polar surface area (TPSA) is 72.2 Å². The zero-order chi connectivity index (χ0) is 16.0. The summed E-state index contributed by atoms with van der Waals surface area (Å²) in [5, 5.41) is 0. The molecule has 5 heteroatoms. The second-order valence-electron chi connectivity index (χ2n) is 7.52. The molecular weight excluding hydrogens is 296 g/mol. The lowest BCUT2D eigenvalue weighted by atomic mass is 9.69. The minimum atomic E-state index is -3.34. The molecule has 0 saturated heterocycles. The van der Waals surface area contributed by atoms with Gasteiger partial charge in [0.25, 0.3) is 0 Å². The molecule has 2 aliphatic carbocycles. The highest BCUT2D eigenvalue weighted by atomic mass is 32.2. The van der Waals surface area contributed by atoms with Gasteiger partial charge in [0.05, 0.1) is 5.75 Å². The molecule has 3 N–H and O–H groups in total. The minimum Gasteiger partial charge on any atom is -0.327 e. The number of sulfonamides is 1. The van der Waals surface area contributed by atoms with Gasteiger partial charge in [-0.3, -0.25) is 0 Å². The molecule has 0 heterocycles. The molecule has 2 fully saturated rings. The lowest BCUT2D eigenvalue weighted by molar-refractivity contribution is 0.139. The van der Waals surface area contributed by atoms with Gasteiger partial charge in [-0.15, -0.1) is 0 Å². The van der Waals surface area contributed by atoms with Crippen LogP contribution in [0.15, 0.2) is 30.3 Å². The summed E-state index contributed by atoms with van der Waals surface area (Å²) in [5.41, 5.74) is 7.06. The number of hydrogen-bond acceptors (Lipinski definition) is 3. The molecule has 2 aliphatic rings. The maximum atomic E-state index is 12.6. The molecule has 4 nitrogen and oxygen atoms in total. The predicted molar refractivity (Wildman–Crippen MR) is 88.6 cm³/mol. The summed E-state index contributed by atoms with van der Waals surface area (Å²) in [4.78, 5) is 0. The van der Waals surface area contributed by atoms with Crippen molar-refractivity contribution in [1.82, 2.24) is 4.72 Å². The van der Waals surface area contributed by atoms with Crippen LogP contribution >= 0.6 is 0 Å². The van der Waals surface area contributed by atoms with Crippen molar-refractivity contribution in [2.45, 2.75) is 45.7 Å². The van der Waals surface area contributed by atoms with Crippen LogP contribution in [0.1, 0.15) is 38.7 Å². The molecule has 3 unspecified atom stereocenters. The van der Waals surface area contributed by atoms with Gasteiger partial charge in [-0.2, -0.15) is 0 Å². The lowest BCUT2D eigenvalue weighted by Gasteiger charge is -2.40. The number of fused-ring (bicyclic) bond motifs is 2. The summed E-state index contributed by atoms with van der Waals surface area (Å²) in [6.45, 7) is 4.74. The van der Waals surface area contributed by atoms with E-state index in [4.69, 9.17) is 5.73 Å². The molecule has 3 atom stereocenters. The molecule has 0 spiro atoms. The van der Waals surface area contributed by atoms with E-state index >= 15 is 0 Å². The van der Waals surface area contributed by atoms with E-state index in [1.54, 1.807) is 0 Å². The maximum Gasteiger partial charge on any atom is 0.212 e. The molecule has 0 aliphatic heterocycles. The van der Waals surface area contributed by atoms with Crippen LogP contribution in [0.3, 0.4) is 0 Å². The maximum absolute atomic E-state index is 12.6. The number of hydrogen-bond donors (Lipinski definition) is 2. The summed E-state index contributed by atoms with van der Waals surface area (Å²) in [6, 6.07) is 9.61. The van der Waals surface area contributed by atoms with E-state index in [-0.39, 0.29) is 22.6 Å². The zero-order valence-corrected chi connectivity index (χ0v) is 14.2. The highest BCUT2D eigenvalue weighted by Crippen LogP contribution is 2.65. The summed E-state index contributed by atoms with van der Waals surface area (Å²) >= 11 is 0. The van der Waals surface area contributed by atoms with Gasteiger partial charge in [0, 0.05) is 18.0 Å². The van der Waals surface area contributed by atoms with Gasteiger partial charge in [0.2, 0.25) is 10.0 Å². The van der Waals surface area contributed by atoms with Gasteiger partial charge < -0.3 is 5.73 Å². The van der Waals surface area contributed by atoms with Crippen molar-refractivity contribution in [2.75, 3.05) is 5.75 Å². The van der Waals surface area contributed by atoms with Crippen molar-refractivity contribution in [1.29, 1.82) is 0 Å². The fourth-order valence-electron chi connectivity index (χ4n) is 4.67. The van der Waals surface area contributed by atoms with Crippen molar-refractivity contribution in [3.05, 3.63) is 35.9 Å². The second-order valence-corrected chi connectivity index (χ2v) is 9.33. The van der Waals surface area contributed by atoms with E-state index in [2.05, 4.69) is 18.6 Å². The Morgan fingerprint density at radius 3 is 2.50 bits per heavy atom. The fourth-order valence-corrected chi connectivity index (χ4v) is 6.57. The second kappa shape index (κ2) is 5.32. The van der Waals surface area contributed by atoms with Gasteiger partial charge in [0.15, 0.2) is 0 Å². The summed E-state index contributed by atoms with van der Waals surface area (Å²) in [6.07, 6.45) is 2.99. The van der Waals surface area contributed by atoms with Crippen LogP contribution < -0.4 is 10.5 Å². The Morgan fingerprint density at radius 2 is 1.95 bits per heavy atom. The molecular formula is C17H26N2O2S. The van der Waals surface area contributed by atoms with E-state index in [9.17, 15) is 8.42 Å². The third-order valence-corrected chi connectivity index (χ3v) is 7.76. The van der Waals surface area contributed by atoms with Crippen LogP contribution in [0.25, 0.3) is 0 Å². The highest BCUT2D eigenvalue weighted by Gasteiger charge is 2.64. The molecule has 3 rings (SSSR count). The third kappa shape index (κ3) is 2.49. The van der Waals surface area contributed by atoms with Crippen molar-refractivity contribution in [3.63, 3.8) is 0 Å². The summed E-state index contributed by atoms with van der Waals surface area (Å²) in [7, 11) is -3.34. The Balaban J connectivity index is 1.74. The van der Waals surface area contributed by atoms with Crippen LogP contribution in [0, 0.1) is 16.7 Å². The van der Waals surface area contributed by atoms with Crippen molar-refractivity contribution in [3.8, 4) is 0 Å². The first kappa shape index (κ1) is 16.0. The van der Waals surface area contributed by atoms with E-state index < -0.39 is 10.0 Å². The largest absolute Gasteiger partial charge is 0.327 e. The zero-order valence-electron chi connectivity index (χ0n) is 13.4. The van der Waals surface area contributed by atoms with E-state index in [0.29, 0.717) is 12.5 Å². The SMILES string of the molecule is CC1(C)C2CCC1(CS(=O)(=O)NCc1ccccc1)C(N)C2.